The second-order valence-corrected chi connectivity index (χ2v) is 12.7. The maximum Gasteiger partial charge on any atom is 0.272 e. The van der Waals surface area contributed by atoms with Crippen molar-refractivity contribution in [3.63, 3.8) is 0 Å². The van der Waals surface area contributed by atoms with Gasteiger partial charge in [0.05, 0.1) is 0 Å². The first-order chi connectivity index (χ1) is 23.8. The summed E-state index contributed by atoms with van der Waals surface area (Å²) >= 11 is 14.1. The molecule has 6 rings (SSSR count). The largest absolute Gasteiger partial charge is 0.486 e. The van der Waals surface area contributed by atoms with Crippen molar-refractivity contribution in [2.45, 2.75) is 10.1 Å². The number of ether oxygens (including phenoxy) is 2. The molecular weight excluding hydrogens is 681 g/mol. The maximum atomic E-state index is 13.7. The van der Waals surface area contributed by atoms with Crippen LogP contribution >= 0.6 is 35.0 Å². The van der Waals surface area contributed by atoms with Crippen LogP contribution in [0.5, 0.6) is 11.5 Å². The Hall–Kier alpha value is -5.22. The minimum atomic E-state index is -0.636. The van der Waals surface area contributed by atoms with Gasteiger partial charge in [0.2, 0.25) is 5.91 Å². The first-order valence-corrected chi connectivity index (χ1v) is 16.8. The van der Waals surface area contributed by atoms with Crippen molar-refractivity contribution in [3.05, 3.63) is 154 Å². The SMILES string of the molecule is O=C(Nc1cccc(SC(C(=O)Nc2ccc3c(c2)OCCO3)c2ccccc2)c1)/C(=C\c1c(Cl)cccc1Cl)NC(=O)c1ccccc1. The average molecular weight is 711 g/mol. The van der Waals surface area contributed by atoms with Gasteiger partial charge < -0.3 is 25.4 Å². The second-order valence-electron chi connectivity index (χ2n) is 10.8. The topological polar surface area (TPSA) is 106 Å². The summed E-state index contributed by atoms with van der Waals surface area (Å²) in [5, 5.41) is 8.55. The van der Waals surface area contributed by atoms with E-state index in [-0.39, 0.29) is 11.6 Å². The summed E-state index contributed by atoms with van der Waals surface area (Å²) in [5.41, 5.74) is 2.49. The molecule has 5 aromatic carbocycles. The van der Waals surface area contributed by atoms with E-state index in [1.54, 1.807) is 84.9 Å². The van der Waals surface area contributed by atoms with Gasteiger partial charge in [-0.2, -0.15) is 0 Å². The van der Waals surface area contributed by atoms with Gasteiger partial charge in [0.1, 0.15) is 24.2 Å². The van der Waals surface area contributed by atoms with Crippen molar-refractivity contribution in [1.82, 2.24) is 5.32 Å². The Bertz CT molecular complexity index is 2010. The van der Waals surface area contributed by atoms with E-state index in [2.05, 4.69) is 16.0 Å². The Morgan fingerprint density at radius 2 is 1.35 bits per heavy atom. The van der Waals surface area contributed by atoms with E-state index in [4.69, 9.17) is 32.7 Å². The van der Waals surface area contributed by atoms with Crippen molar-refractivity contribution in [3.8, 4) is 11.5 Å². The number of nitrogens with one attached hydrogen (secondary N) is 3. The summed E-state index contributed by atoms with van der Waals surface area (Å²) in [6, 6.07) is 35.3. The quantitative estimate of drug-likeness (QED) is 0.0990. The Kier molecular flexibility index (Phi) is 10.8. The number of hydrogen-bond donors (Lipinski definition) is 3. The first-order valence-electron chi connectivity index (χ1n) is 15.2. The van der Waals surface area contributed by atoms with Gasteiger partial charge in [-0.1, -0.05) is 83.9 Å². The highest BCUT2D eigenvalue weighted by Crippen LogP contribution is 2.38. The van der Waals surface area contributed by atoms with Gasteiger partial charge in [-0.15, -0.1) is 11.8 Å². The lowest BCUT2D eigenvalue weighted by Gasteiger charge is -2.20. The maximum absolute atomic E-state index is 13.7. The van der Waals surface area contributed by atoms with Crippen LogP contribution in [0.4, 0.5) is 11.4 Å². The summed E-state index contributed by atoms with van der Waals surface area (Å²) in [6.45, 7) is 0.908. The molecule has 0 aliphatic carbocycles. The molecule has 0 saturated carbocycles. The number of carbonyl (C=O) groups excluding carboxylic acids is 3. The van der Waals surface area contributed by atoms with Crippen LogP contribution in [-0.2, 0) is 9.59 Å². The van der Waals surface area contributed by atoms with Crippen LogP contribution in [0.15, 0.2) is 132 Å². The molecule has 0 radical (unpaired) electrons. The Labute approximate surface area is 297 Å². The molecule has 49 heavy (non-hydrogen) atoms. The smallest absolute Gasteiger partial charge is 0.272 e. The normalized spacial score (nSPS) is 12.8. The molecule has 0 aromatic heterocycles. The van der Waals surface area contributed by atoms with Gasteiger partial charge in [-0.25, -0.2) is 0 Å². The number of benzene rings is 5. The fourth-order valence-electron chi connectivity index (χ4n) is 4.95. The highest BCUT2D eigenvalue weighted by Gasteiger charge is 2.24. The minimum absolute atomic E-state index is 0.0668. The van der Waals surface area contributed by atoms with Gasteiger partial charge in [0.25, 0.3) is 11.8 Å². The highest BCUT2D eigenvalue weighted by molar-refractivity contribution is 8.00. The lowest BCUT2D eigenvalue weighted by molar-refractivity contribution is -0.116. The minimum Gasteiger partial charge on any atom is -0.486 e. The Morgan fingerprint density at radius 3 is 2.08 bits per heavy atom. The van der Waals surface area contributed by atoms with Crippen molar-refractivity contribution < 1.29 is 23.9 Å². The summed E-state index contributed by atoms with van der Waals surface area (Å²) in [5.74, 6) is -0.123. The fourth-order valence-corrected chi connectivity index (χ4v) is 6.54. The standard InChI is InChI=1S/C38H29Cl2N3O5S/c39-30-15-8-16-31(40)29(30)23-32(43-36(44)25-11-5-2-6-12-25)37(45)41-26-13-7-14-28(21-26)49-35(24-9-3-1-4-10-24)38(46)42-27-17-18-33-34(22-27)48-20-19-47-33/h1-18,21-23,35H,19-20H2,(H,41,45)(H,42,46)(H,43,44)/b32-23+. The van der Waals surface area contributed by atoms with Gasteiger partial charge in [0.15, 0.2) is 11.5 Å². The third kappa shape index (κ3) is 8.63. The average Bonchev–Trinajstić information content (AvgIpc) is 3.12. The third-order valence-corrected chi connectivity index (χ3v) is 9.22. The number of rotatable bonds is 10. The van der Waals surface area contributed by atoms with Gasteiger partial charge in [0, 0.05) is 43.5 Å². The van der Waals surface area contributed by atoms with Gasteiger partial charge in [-0.3, -0.25) is 14.4 Å². The highest BCUT2D eigenvalue weighted by atomic mass is 35.5. The number of carbonyl (C=O) groups is 3. The van der Waals surface area contributed by atoms with Gasteiger partial charge in [-0.05, 0) is 66.2 Å². The molecule has 3 N–H and O–H groups in total. The van der Waals surface area contributed by atoms with Crippen LogP contribution in [0, 0.1) is 0 Å². The molecule has 1 aliphatic heterocycles. The molecule has 3 amide bonds. The van der Waals surface area contributed by atoms with Crippen molar-refractivity contribution in [2.75, 3.05) is 23.8 Å². The van der Waals surface area contributed by atoms with Crippen LogP contribution < -0.4 is 25.4 Å². The summed E-state index contributed by atoms with van der Waals surface area (Å²) in [7, 11) is 0. The lowest BCUT2D eigenvalue weighted by atomic mass is 10.1. The molecule has 5 aromatic rings. The fraction of sp³-hybridized carbons (Fsp3) is 0.0789. The molecule has 1 unspecified atom stereocenters. The van der Waals surface area contributed by atoms with E-state index in [9.17, 15) is 14.4 Å². The number of thioether (sulfide) groups is 1. The number of amides is 3. The molecule has 246 valence electrons. The molecule has 0 saturated heterocycles. The van der Waals surface area contributed by atoms with Crippen LogP contribution in [-0.4, -0.2) is 30.9 Å². The van der Waals surface area contributed by atoms with Crippen LogP contribution in [0.25, 0.3) is 6.08 Å². The first kappa shape index (κ1) is 33.7. The summed E-state index contributed by atoms with van der Waals surface area (Å²) < 4.78 is 11.3. The van der Waals surface area contributed by atoms with E-state index in [0.29, 0.717) is 57.3 Å². The molecule has 1 atom stereocenters. The third-order valence-electron chi connectivity index (χ3n) is 7.31. The van der Waals surface area contributed by atoms with E-state index in [1.807, 2.05) is 36.4 Å². The molecule has 1 aliphatic rings. The van der Waals surface area contributed by atoms with Gasteiger partial charge >= 0.3 is 0 Å². The van der Waals surface area contributed by atoms with E-state index in [0.717, 1.165) is 10.5 Å². The Morgan fingerprint density at radius 1 is 0.694 bits per heavy atom. The van der Waals surface area contributed by atoms with Crippen molar-refractivity contribution in [2.24, 2.45) is 0 Å². The monoisotopic (exact) mass is 709 g/mol. The molecule has 0 spiro atoms. The van der Waals surface area contributed by atoms with Crippen molar-refractivity contribution >= 4 is 70.1 Å². The predicted molar refractivity (Wildman–Crippen MR) is 195 cm³/mol. The molecule has 0 bridgehead atoms. The number of hydrogen-bond acceptors (Lipinski definition) is 6. The zero-order valence-corrected chi connectivity index (χ0v) is 28.1. The predicted octanol–water partition coefficient (Wildman–Crippen LogP) is 8.65. The lowest BCUT2D eigenvalue weighted by Crippen LogP contribution is -2.30. The second kappa shape index (κ2) is 15.8. The van der Waals surface area contributed by atoms with Crippen LogP contribution in [0.3, 0.4) is 0 Å². The van der Waals surface area contributed by atoms with E-state index < -0.39 is 17.1 Å². The van der Waals surface area contributed by atoms with Crippen LogP contribution in [0.2, 0.25) is 10.0 Å². The number of halogens is 2. The molecular formula is C38H29Cl2N3O5S. The molecule has 0 fully saturated rings. The number of anilines is 2. The summed E-state index contributed by atoms with van der Waals surface area (Å²) in [4.78, 5) is 41.3. The molecule has 1 heterocycles. The van der Waals surface area contributed by atoms with E-state index in [1.165, 1.54) is 17.8 Å². The van der Waals surface area contributed by atoms with Crippen LogP contribution in [0.1, 0.15) is 26.7 Å². The zero-order valence-electron chi connectivity index (χ0n) is 25.8. The zero-order chi connectivity index (χ0) is 34.2. The summed E-state index contributed by atoms with van der Waals surface area (Å²) in [6.07, 6.45) is 1.44. The van der Waals surface area contributed by atoms with E-state index >= 15 is 0 Å². The molecule has 11 heteroatoms. The Balaban J connectivity index is 1.23. The number of fused-ring (bicyclic) bond motifs is 1. The molecule has 8 nitrogen and oxygen atoms in total. The van der Waals surface area contributed by atoms with Crippen molar-refractivity contribution in [1.29, 1.82) is 0 Å².